The number of hydrazone groups is 1. The van der Waals surface area contributed by atoms with E-state index in [4.69, 9.17) is 5.26 Å². The van der Waals surface area contributed by atoms with E-state index < -0.39 is 0 Å². The van der Waals surface area contributed by atoms with Crippen LogP contribution in [-0.4, -0.2) is 16.2 Å². The van der Waals surface area contributed by atoms with Gasteiger partial charge in [-0.25, -0.2) is 4.98 Å². The van der Waals surface area contributed by atoms with Gasteiger partial charge in [-0.2, -0.15) is 10.4 Å². The molecule has 0 amide bonds. The van der Waals surface area contributed by atoms with Gasteiger partial charge in [0.05, 0.1) is 17.5 Å². The number of hydrogen-bond donors (Lipinski definition) is 1. The van der Waals surface area contributed by atoms with Crippen molar-refractivity contribution in [2.45, 2.75) is 6.92 Å². The molecule has 0 radical (unpaired) electrons. The molecular weight excluding hydrogens is 306 g/mol. The first kappa shape index (κ1) is 14.9. The number of nitrogens with zero attached hydrogens (tertiary/aromatic N) is 4. The molecule has 0 saturated carbocycles. The first-order chi connectivity index (χ1) is 11.2. The van der Waals surface area contributed by atoms with Crippen molar-refractivity contribution in [1.29, 1.82) is 5.26 Å². The summed E-state index contributed by atoms with van der Waals surface area (Å²) in [6.07, 6.45) is 5.04. The summed E-state index contributed by atoms with van der Waals surface area (Å²) in [5.41, 5.74) is 7.34. The Morgan fingerprint density at radius 1 is 1.22 bits per heavy atom. The third kappa shape index (κ3) is 3.78. The summed E-state index contributed by atoms with van der Waals surface area (Å²) in [7, 11) is 0. The second-order valence-electron chi connectivity index (χ2n) is 4.86. The van der Waals surface area contributed by atoms with Gasteiger partial charge in [0, 0.05) is 23.3 Å². The largest absolute Gasteiger partial charge is 0.263 e. The van der Waals surface area contributed by atoms with Crippen LogP contribution in [0.5, 0.6) is 0 Å². The van der Waals surface area contributed by atoms with E-state index >= 15 is 0 Å². The smallest absolute Gasteiger partial charge is 0.203 e. The monoisotopic (exact) mass is 319 g/mol. The molecule has 0 fully saturated rings. The number of nitrogens with one attached hydrogen (secondary N) is 1. The Hall–Kier alpha value is -3.04. The van der Waals surface area contributed by atoms with Crippen LogP contribution in [0.4, 0.5) is 5.13 Å². The van der Waals surface area contributed by atoms with E-state index in [1.54, 1.807) is 18.6 Å². The molecule has 112 valence electrons. The van der Waals surface area contributed by atoms with Crippen LogP contribution in [0.25, 0.3) is 11.1 Å². The lowest BCUT2D eigenvalue weighted by Crippen LogP contribution is -1.90. The van der Waals surface area contributed by atoms with Crippen molar-refractivity contribution in [3.8, 4) is 17.2 Å². The van der Waals surface area contributed by atoms with Crippen molar-refractivity contribution < 1.29 is 0 Å². The Morgan fingerprint density at radius 2 is 2.04 bits per heavy atom. The lowest BCUT2D eigenvalue weighted by molar-refractivity contribution is 1.22. The lowest BCUT2D eigenvalue weighted by atomic mass is 10.0. The highest BCUT2D eigenvalue weighted by atomic mass is 32.1. The molecule has 0 aliphatic heterocycles. The second-order valence-corrected chi connectivity index (χ2v) is 5.72. The number of pyridine rings is 1. The van der Waals surface area contributed by atoms with Crippen molar-refractivity contribution in [1.82, 2.24) is 9.97 Å². The maximum atomic E-state index is 8.93. The number of hydrogen-bond acceptors (Lipinski definition) is 6. The number of aryl methyl sites for hydroxylation is 1. The third-order valence-corrected chi connectivity index (χ3v) is 3.97. The van der Waals surface area contributed by atoms with Crippen molar-refractivity contribution >= 4 is 22.7 Å². The first-order valence-electron chi connectivity index (χ1n) is 6.91. The van der Waals surface area contributed by atoms with Gasteiger partial charge in [0.25, 0.3) is 0 Å². The zero-order valence-electron chi connectivity index (χ0n) is 12.4. The van der Waals surface area contributed by atoms with Gasteiger partial charge in [-0.15, -0.1) is 11.3 Å². The number of anilines is 1. The van der Waals surface area contributed by atoms with Crippen LogP contribution in [0, 0.1) is 18.3 Å². The molecule has 6 heteroatoms. The second kappa shape index (κ2) is 6.81. The average Bonchev–Trinajstić information content (AvgIpc) is 3.01. The van der Waals surface area contributed by atoms with Crippen LogP contribution in [0.2, 0.25) is 0 Å². The fourth-order valence-corrected chi connectivity index (χ4v) is 2.62. The Kier molecular flexibility index (Phi) is 4.41. The van der Waals surface area contributed by atoms with E-state index in [9.17, 15) is 0 Å². The van der Waals surface area contributed by atoms with E-state index in [0.29, 0.717) is 5.56 Å². The normalized spacial score (nSPS) is 10.6. The fraction of sp³-hybridized carbons (Fsp3) is 0.0588. The Labute approximate surface area is 138 Å². The molecule has 1 aromatic carbocycles. The molecule has 1 N–H and O–H groups in total. The summed E-state index contributed by atoms with van der Waals surface area (Å²) in [5, 5.41) is 15.8. The van der Waals surface area contributed by atoms with Crippen molar-refractivity contribution in [2.75, 3.05) is 5.43 Å². The average molecular weight is 319 g/mol. The predicted molar refractivity (Wildman–Crippen MR) is 92.5 cm³/mol. The zero-order chi connectivity index (χ0) is 16.1. The highest BCUT2D eigenvalue weighted by Crippen LogP contribution is 2.19. The maximum absolute atomic E-state index is 8.93. The van der Waals surface area contributed by atoms with Crippen molar-refractivity contribution in [3.63, 3.8) is 0 Å². The Balaban J connectivity index is 1.70. The maximum Gasteiger partial charge on any atom is 0.203 e. The van der Waals surface area contributed by atoms with Crippen LogP contribution in [-0.2, 0) is 0 Å². The molecule has 5 nitrogen and oxygen atoms in total. The van der Waals surface area contributed by atoms with E-state index in [2.05, 4.69) is 26.6 Å². The van der Waals surface area contributed by atoms with Crippen LogP contribution < -0.4 is 5.43 Å². The minimum atomic E-state index is 0.552. The minimum Gasteiger partial charge on any atom is -0.263 e. The number of nitriles is 1. The molecule has 0 atom stereocenters. The standard InChI is InChI=1S/C17H13N5S/c1-12-11-23-17(21-12)22-20-9-13-2-4-15(5-3-13)16-6-14(7-18)8-19-10-16/h2-6,8-11H,1H3,(H,21,22). The molecular formula is C17H13N5S. The molecule has 0 saturated heterocycles. The topological polar surface area (TPSA) is 74.0 Å². The van der Waals surface area contributed by atoms with E-state index in [1.165, 1.54) is 11.3 Å². The molecule has 2 heterocycles. The van der Waals surface area contributed by atoms with Crippen LogP contribution in [0.3, 0.4) is 0 Å². The minimum absolute atomic E-state index is 0.552. The Bertz CT molecular complexity index is 874. The lowest BCUT2D eigenvalue weighted by Gasteiger charge is -2.02. The Morgan fingerprint density at radius 3 is 2.74 bits per heavy atom. The van der Waals surface area contributed by atoms with Gasteiger partial charge in [0.1, 0.15) is 6.07 Å². The summed E-state index contributed by atoms with van der Waals surface area (Å²) in [4.78, 5) is 8.35. The molecule has 3 aromatic rings. The van der Waals surface area contributed by atoms with E-state index in [-0.39, 0.29) is 0 Å². The van der Waals surface area contributed by atoms with Gasteiger partial charge in [0.2, 0.25) is 5.13 Å². The quantitative estimate of drug-likeness (QED) is 0.586. The third-order valence-electron chi connectivity index (χ3n) is 3.10. The fourth-order valence-electron chi connectivity index (χ4n) is 1.99. The number of thiazole rings is 1. The molecule has 3 rings (SSSR count). The molecule has 2 aromatic heterocycles. The number of benzene rings is 1. The van der Waals surface area contributed by atoms with Gasteiger partial charge in [-0.05, 0) is 24.1 Å². The van der Waals surface area contributed by atoms with Crippen molar-refractivity contribution in [2.24, 2.45) is 5.10 Å². The summed E-state index contributed by atoms with van der Waals surface area (Å²) >= 11 is 1.52. The summed E-state index contributed by atoms with van der Waals surface area (Å²) in [6, 6.07) is 11.8. The molecule has 23 heavy (non-hydrogen) atoms. The number of aromatic nitrogens is 2. The van der Waals surface area contributed by atoms with Gasteiger partial charge in [0.15, 0.2) is 0 Å². The molecule has 0 unspecified atom stereocenters. The van der Waals surface area contributed by atoms with Crippen LogP contribution >= 0.6 is 11.3 Å². The SMILES string of the molecule is Cc1csc(NN=Cc2ccc(-c3cncc(C#N)c3)cc2)n1. The summed E-state index contributed by atoms with van der Waals surface area (Å²) < 4.78 is 0. The van der Waals surface area contributed by atoms with Gasteiger partial charge in [-0.1, -0.05) is 24.3 Å². The molecule has 0 bridgehead atoms. The zero-order valence-corrected chi connectivity index (χ0v) is 13.2. The first-order valence-corrected chi connectivity index (χ1v) is 7.79. The molecule has 0 aliphatic rings. The number of rotatable bonds is 4. The predicted octanol–water partition coefficient (Wildman–Crippen LogP) is 3.83. The van der Waals surface area contributed by atoms with Crippen LogP contribution in [0.15, 0.2) is 53.2 Å². The van der Waals surface area contributed by atoms with E-state index in [0.717, 1.165) is 27.5 Å². The highest BCUT2D eigenvalue weighted by Gasteiger charge is 2.00. The molecule has 0 aliphatic carbocycles. The summed E-state index contributed by atoms with van der Waals surface area (Å²) in [5.74, 6) is 0. The van der Waals surface area contributed by atoms with Gasteiger partial charge < -0.3 is 0 Å². The molecule has 0 spiro atoms. The van der Waals surface area contributed by atoms with Crippen LogP contribution in [0.1, 0.15) is 16.8 Å². The van der Waals surface area contributed by atoms with Crippen molar-refractivity contribution in [3.05, 3.63) is 64.9 Å². The van der Waals surface area contributed by atoms with Gasteiger partial charge in [-0.3, -0.25) is 10.4 Å². The highest BCUT2D eigenvalue weighted by molar-refractivity contribution is 7.13. The summed E-state index contributed by atoms with van der Waals surface area (Å²) in [6.45, 7) is 1.94. The van der Waals surface area contributed by atoms with E-state index in [1.807, 2.05) is 42.6 Å². The van der Waals surface area contributed by atoms with Gasteiger partial charge >= 0.3 is 0 Å².